The summed E-state index contributed by atoms with van der Waals surface area (Å²) in [5.74, 6) is 0.574. The zero-order valence-electron chi connectivity index (χ0n) is 9.75. The number of carbonyl (C=O) groups excluding carboxylic acids is 1. The molecule has 1 aromatic carbocycles. The molecule has 0 fully saturated rings. The number of rotatable bonds is 3. The number of amides is 1. The number of nitrogen functional groups attached to an aromatic ring is 1. The Morgan fingerprint density at radius 3 is 2.89 bits per heavy atom. The first-order valence-corrected chi connectivity index (χ1v) is 5.21. The molecule has 1 aromatic heterocycles. The Kier molecular flexibility index (Phi) is 3.38. The van der Waals surface area contributed by atoms with Crippen LogP contribution in [0.15, 0.2) is 36.8 Å². The Bertz CT molecular complexity index is 557. The van der Waals surface area contributed by atoms with Crippen LogP contribution in [0, 0.1) is 0 Å². The van der Waals surface area contributed by atoms with Gasteiger partial charge in [-0.1, -0.05) is 0 Å². The van der Waals surface area contributed by atoms with Crippen molar-refractivity contribution in [3.63, 3.8) is 0 Å². The predicted octanol–water partition coefficient (Wildman–Crippen LogP) is 1.32. The average molecular weight is 244 g/mol. The number of aromatic nitrogens is 2. The third-order valence-electron chi connectivity index (χ3n) is 2.31. The van der Waals surface area contributed by atoms with Crippen molar-refractivity contribution in [3.8, 4) is 5.75 Å². The summed E-state index contributed by atoms with van der Waals surface area (Å²) in [6.45, 7) is 0. The van der Waals surface area contributed by atoms with Crippen molar-refractivity contribution in [1.82, 2.24) is 9.97 Å². The lowest BCUT2D eigenvalue weighted by molar-refractivity contribution is 0.102. The Hall–Kier alpha value is -2.63. The molecule has 0 saturated heterocycles. The van der Waals surface area contributed by atoms with E-state index in [1.165, 1.54) is 25.7 Å². The van der Waals surface area contributed by atoms with Gasteiger partial charge in [-0.05, 0) is 18.2 Å². The van der Waals surface area contributed by atoms with Gasteiger partial charge in [0, 0.05) is 18.1 Å². The van der Waals surface area contributed by atoms with Gasteiger partial charge in [-0.2, -0.15) is 0 Å². The van der Waals surface area contributed by atoms with Crippen LogP contribution in [0.1, 0.15) is 10.4 Å². The molecule has 2 aromatic rings. The van der Waals surface area contributed by atoms with E-state index in [0.717, 1.165) is 0 Å². The summed E-state index contributed by atoms with van der Waals surface area (Å²) in [5, 5.41) is 2.60. The molecule has 6 nitrogen and oxygen atoms in total. The van der Waals surface area contributed by atoms with E-state index < -0.39 is 0 Å². The van der Waals surface area contributed by atoms with Crippen LogP contribution >= 0.6 is 0 Å². The smallest absolute Gasteiger partial charge is 0.259 e. The zero-order valence-corrected chi connectivity index (χ0v) is 9.75. The van der Waals surface area contributed by atoms with Crippen molar-refractivity contribution in [2.75, 3.05) is 18.2 Å². The summed E-state index contributed by atoms with van der Waals surface area (Å²) in [5.41, 5.74) is 6.45. The summed E-state index contributed by atoms with van der Waals surface area (Å²) in [4.78, 5) is 19.8. The fraction of sp³-hybridized carbons (Fsp3) is 0.0833. The van der Waals surface area contributed by atoms with Crippen molar-refractivity contribution >= 4 is 17.4 Å². The SMILES string of the molecule is COc1ccc(N)c(C(=O)Nc2cnccn2)c1. The first-order chi connectivity index (χ1) is 8.70. The molecule has 18 heavy (non-hydrogen) atoms. The second kappa shape index (κ2) is 5.13. The van der Waals surface area contributed by atoms with Gasteiger partial charge in [0.2, 0.25) is 0 Å². The molecular formula is C12H12N4O2. The third-order valence-corrected chi connectivity index (χ3v) is 2.31. The molecule has 3 N–H and O–H groups in total. The number of methoxy groups -OCH3 is 1. The second-order valence-electron chi connectivity index (χ2n) is 3.50. The molecule has 0 aliphatic carbocycles. The minimum atomic E-state index is -0.355. The van der Waals surface area contributed by atoms with Gasteiger partial charge in [-0.3, -0.25) is 9.78 Å². The highest BCUT2D eigenvalue weighted by atomic mass is 16.5. The number of nitrogens with zero attached hydrogens (tertiary/aromatic N) is 2. The van der Waals surface area contributed by atoms with Crippen LogP contribution in [-0.4, -0.2) is 23.0 Å². The normalized spacial score (nSPS) is 9.83. The van der Waals surface area contributed by atoms with Crippen LogP contribution < -0.4 is 15.8 Å². The Labute approximate surface area is 104 Å². The van der Waals surface area contributed by atoms with Crippen LogP contribution in [0.4, 0.5) is 11.5 Å². The predicted molar refractivity (Wildman–Crippen MR) is 67.4 cm³/mol. The summed E-state index contributed by atoms with van der Waals surface area (Å²) < 4.78 is 5.05. The molecule has 0 aliphatic rings. The minimum absolute atomic E-state index is 0.333. The molecule has 0 spiro atoms. The number of nitrogens with two attached hydrogens (primary N) is 1. The van der Waals surface area contributed by atoms with Gasteiger partial charge in [-0.25, -0.2) is 4.98 Å². The topological polar surface area (TPSA) is 90.1 Å². The van der Waals surface area contributed by atoms with Crippen LogP contribution in [-0.2, 0) is 0 Å². The van der Waals surface area contributed by atoms with Gasteiger partial charge in [0.15, 0.2) is 5.82 Å². The standard InChI is InChI=1S/C12H12N4O2/c1-18-8-2-3-10(13)9(6-8)12(17)16-11-7-14-4-5-15-11/h2-7H,13H2,1H3,(H,15,16,17). The average Bonchev–Trinajstić information content (AvgIpc) is 2.40. The van der Waals surface area contributed by atoms with Crippen molar-refractivity contribution in [2.45, 2.75) is 0 Å². The van der Waals surface area contributed by atoms with Crippen LogP contribution in [0.5, 0.6) is 5.75 Å². The van der Waals surface area contributed by atoms with E-state index in [2.05, 4.69) is 15.3 Å². The number of anilines is 2. The number of benzene rings is 1. The molecule has 6 heteroatoms. The monoisotopic (exact) mass is 244 g/mol. The molecule has 1 amide bonds. The Balaban J connectivity index is 2.23. The molecule has 0 aliphatic heterocycles. The molecule has 0 atom stereocenters. The summed E-state index contributed by atoms with van der Waals surface area (Å²) in [7, 11) is 1.52. The fourth-order valence-corrected chi connectivity index (χ4v) is 1.41. The lowest BCUT2D eigenvalue weighted by atomic mass is 10.1. The van der Waals surface area contributed by atoms with E-state index in [-0.39, 0.29) is 5.91 Å². The highest BCUT2D eigenvalue weighted by Gasteiger charge is 2.11. The van der Waals surface area contributed by atoms with E-state index in [9.17, 15) is 4.79 Å². The van der Waals surface area contributed by atoms with E-state index in [1.54, 1.807) is 18.2 Å². The van der Waals surface area contributed by atoms with E-state index in [4.69, 9.17) is 10.5 Å². The lowest BCUT2D eigenvalue weighted by Gasteiger charge is -2.08. The molecule has 0 saturated carbocycles. The van der Waals surface area contributed by atoms with Gasteiger partial charge in [0.25, 0.3) is 5.91 Å². The maximum atomic E-state index is 12.0. The summed E-state index contributed by atoms with van der Waals surface area (Å²) in [6, 6.07) is 4.87. The fourth-order valence-electron chi connectivity index (χ4n) is 1.41. The lowest BCUT2D eigenvalue weighted by Crippen LogP contribution is -2.15. The molecule has 1 heterocycles. The molecule has 92 valence electrons. The summed E-state index contributed by atoms with van der Waals surface area (Å²) >= 11 is 0. The van der Waals surface area contributed by atoms with Gasteiger partial charge < -0.3 is 15.8 Å². The molecule has 0 bridgehead atoms. The number of hydrogen-bond donors (Lipinski definition) is 2. The molecular weight excluding hydrogens is 232 g/mol. The van der Waals surface area contributed by atoms with Crippen LogP contribution in [0.3, 0.4) is 0 Å². The number of carbonyl (C=O) groups is 1. The number of nitrogens with one attached hydrogen (secondary N) is 1. The molecule has 2 rings (SSSR count). The van der Waals surface area contributed by atoms with Crippen LogP contribution in [0.25, 0.3) is 0 Å². The van der Waals surface area contributed by atoms with Crippen molar-refractivity contribution in [3.05, 3.63) is 42.4 Å². The maximum absolute atomic E-state index is 12.0. The Morgan fingerprint density at radius 1 is 1.39 bits per heavy atom. The van der Waals surface area contributed by atoms with Gasteiger partial charge in [-0.15, -0.1) is 0 Å². The number of ether oxygens (including phenoxy) is 1. The maximum Gasteiger partial charge on any atom is 0.259 e. The first-order valence-electron chi connectivity index (χ1n) is 5.21. The van der Waals surface area contributed by atoms with E-state index in [1.807, 2.05) is 0 Å². The van der Waals surface area contributed by atoms with Crippen LogP contribution in [0.2, 0.25) is 0 Å². The Morgan fingerprint density at radius 2 is 2.22 bits per heavy atom. The largest absolute Gasteiger partial charge is 0.497 e. The molecule has 0 unspecified atom stereocenters. The highest BCUT2D eigenvalue weighted by Crippen LogP contribution is 2.20. The highest BCUT2D eigenvalue weighted by molar-refractivity contribution is 6.07. The first kappa shape index (κ1) is 11.8. The molecule has 0 radical (unpaired) electrons. The number of hydrogen-bond acceptors (Lipinski definition) is 5. The van der Waals surface area contributed by atoms with Crippen molar-refractivity contribution in [1.29, 1.82) is 0 Å². The van der Waals surface area contributed by atoms with Gasteiger partial charge in [0.05, 0.1) is 18.9 Å². The quantitative estimate of drug-likeness (QED) is 0.795. The minimum Gasteiger partial charge on any atom is -0.497 e. The van der Waals surface area contributed by atoms with E-state index >= 15 is 0 Å². The van der Waals surface area contributed by atoms with Gasteiger partial charge >= 0.3 is 0 Å². The third kappa shape index (κ3) is 2.54. The summed E-state index contributed by atoms with van der Waals surface area (Å²) in [6.07, 6.45) is 4.47. The second-order valence-corrected chi connectivity index (χ2v) is 3.50. The van der Waals surface area contributed by atoms with E-state index in [0.29, 0.717) is 22.8 Å². The van der Waals surface area contributed by atoms with Gasteiger partial charge in [0.1, 0.15) is 5.75 Å². The zero-order chi connectivity index (χ0) is 13.0. The van der Waals surface area contributed by atoms with Crippen molar-refractivity contribution in [2.24, 2.45) is 0 Å². The van der Waals surface area contributed by atoms with Crippen molar-refractivity contribution < 1.29 is 9.53 Å².